The molecule has 5 atom stereocenters. The van der Waals surface area contributed by atoms with E-state index in [0.717, 1.165) is 50.5 Å². The third kappa shape index (κ3) is 4.42. The zero-order valence-electron chi connectivity index (χ0n) is 23.2. The number of allylic oxidation sites excluding steroid dienone is 8. The molecule has 1 aromatic carbocycles. The van der Waals surface area contributed by atoms with E-state index in [4.69, 9.17) is 0 Å². The van der Waals surface area contributed by atoms with Crippen LogP contribution >= 0.6 is 0 Å². The minimum absolute atomic E-state index is 0.388. The van der Waals surface area contributed by atoms with Gasteiger partial charge < -0.3 is 9.80 Å². The molecule has 2 aromatic rings. The van der Waals surface area contributed by atoms with Gasteiger partial charge in [-0.25, -0.2) is 0 Å². The highest BCUT2D eigenvalue weighted by molar-refractivity contribution is 5.71. The summed E-state index contributed by atoms with van der Waals surface area (Å²) in [6.07, 6.45) is 30.8. The lowest BCUT2D eigenvalue weighted by molar-refractivity contribution is 0.118. The van der Waals surface area contributed by atoms with E-state index in [0.29, 0.717) is 35.6 Å². The molecule has 4 heteroatoms. The number of nitrogens with zero attached hydrogens (tertiary/aromatic N) is 4. The molecule has 5 aliphatic rings. The lowest BCUT2D eigenvalue weighted by Crippen LogP contribution is -2.68. The van der Waals surface area contributed by atoms with Gasteiger partial charge in [-0.05, 0) is 98.6 Å². The van der Waals surface area contributed by atoms with Crippen LogP contribution in [-0.4, -0.2) is 34.1 Å². The summed E-state index contributed by atoms with van der Waals surface area (Å²) in [5.74, 6) is 0.520. The fourth-order valence-electron chi connectivity index (χ4n) is 8.00. The number of pyridine rings is 1. The third-order valence-corrected chi connectivity index (χ3v) is 9.75. The number of nitriles is 1. The van der Waals surface area contributed by atoms with E-state index >= 15 is 0 Å². The first-order chi connectivity index (χ1) is 19.8. The molecule has 0 spiro atoms. The zero-order chi connectivity index (χ0) is 26.9. The van der Waals surface area contributed by atoms with Crippen molar-refractivity contribution in [2.75, 3.05) is 4.90 Å². The smallest absolute Gasteiger partial charge is 0.101 e. The Labute approximate surface area is 238 Å². The summed E-state index contributed by atoms with van der Waals surface area (Å²) in [5, 5.41) is 9.61. The first kappa shape index (κ1) is 25.1. The molecule has 40 heavy (non-hydrogen) atoms. The summed E-state index contributed by atoms with van der Waals surface area (Å²) in [5.41, 5.74) is 7.58. The van der Waals surface area contributed by atoms with Crippen molar-refractivity contribution in [1.29, 1.82) is 5.26 Å². The second-order valence-corrected chi connectivity index (χ2v) is 11.9. The van der Waals surface area contributed by atoms with Crippen LogP contribution in [0.15, 0.2) is 103 Å². The Morgan fingerprint density at radius 1 is 0.825 bits per heavy atom. The molecule has 0 N–H and O–H groups in total. The van der Waals surface area contributed by atoms with E-state index in [2.05, 4.69) is 93.7 Å². The van der Waals surface area contributed by atoms with E-state index in [1.54, 1.807) is 17.5 Å². The van der Waals surface area contributed by atoms with Crippen LogP contribution in [0.4, 0.5) is 5.69 Å². The lowest BCUT2D eigenvalue weighted by atomic mass is 9.77. The van der Waals surface area contributed by atoms with Crippen LogP contribution in [-0.2, 0) is 0 Å². The van der Waals surface area contributed by atoms with Crippen molar-refractivity contribution in [1.82, 2.24) is 9.88 Å². The zero-order valence-corrected chi connectivity index (χ0v) is 23.2. The third-order valence-electron chi connectivity index (χ3n) is 9.75. The Hall–Kier alpha value is -3.84. The number of benzene rings is 1. The Bertz CT molecular complexity index is 1410. The number of piperazine rings is 1. The first-order valence-electron chi connectivity index (χ1n) is 15.2. The molecule has 1 saturated heterocycles. The van der Waals surface area contributed by atoms with Crippen LogP contribution in [0.25, 0.3) is 5.57 Å². The lowest BCUT2D eigenvalue weighted by Gasteiger charge is -2.59. The van der Waals surface area contributed by atoms with Crippen molar-refractivity contribution in [2.45, 2.75) is 82.0 Å². The van der Waals surface area contributed by atoms with Gasteiger partial charge in [-0.1, -0.05) is 60.7 Å². The standard InChI is InChI=1S/C36H38N4/c37-24-28-25-38-23-22-30(28)26-18-20-27(21-19-26)31-12-4-5-13-32(31)40-35-16-8-6-14-33(35)39(29-10-2-1-3-11-29)34-15-7-9-17-36(34)40/h1-4,8-12,16-18,22-23,25,27,33-36H,5-7,13-15,19-21H2/t27?,33-,34?,35+,36?/m0/s1. The van der Waals surface area contributed by atoms with E-state index in [9.17, 15) is 5.26 Å². The molecule has 2 heterocycles. The number of anilines is 1. The monoisotopic (exact) mass is 526 g/mol. The number of para-hydroxylation sites is 1. The molecule has 0 saturated carbocycles. The minimum Gasteiger partial charge on any atom is -0.361 e. The highest BCUT2D eigenvalue weighted by Crippen LogP contribution is 2.45. The van der Waals surface area contributed by atoms with Crippen molar-refractivity contribution >= 4 is 11.3 Å². The second kappa shape index (κ2) is 11.0. The Morgan fingerprint density at radius 2 is 1.60 bits per heavy atom. The number of fused-ring (bicyclic) bond motifs is 2. The van der Waals surface area contributed by atoms with Crippen LogP contribution in [0.2, 0.25) is 0 Å². The number of aromatic nitrogens is 1. The molecule has 0 amide bonds. The normalized spacial score (nSPS) is 29.5. The highest BCUT2D eigenvalue weighted by Gasteiger charge is 2.48. The number of hydrogen-bond donors (Lipinski definition) is 0. The molecular formula is C36H38N4. The summed E-state index contributed by atoms with van der Waals surface area (Å²) in [4.78, 5) is 9.84. The number of rotatable bonds is 4. The summed E-state index contributed by atoms with van der Waals surface area (Å²) >= 11 is 0. The van der Waals surface area contributed by atoms with Crippen molar-refractivity contribution in [3.05, 3.63) is 114 Å². The molecule has 202 valence electrons. The molecule has 4 nitrogen and oxygen atoms in total. The van der Waals surface area contributed by atoms with Crippen LogP contribution < -0.4 is 4.90 Å². The van der Waals surface area contributed by atoms with E-state index in [1.165, 1.54) is 24.1 Å². The molecule has 0 bridgehead atoms. The molecule has 1 fully saturated rings. The van der Waals surface area contributed by atoms with E-state index < -0.39 is 0 Å². The average molecular weight is 527 g/mol. The molecule has 1 aliphatic heterocycles. The topological polar surface area (TPSA) is 43.2 Å². The van der Waals surface area contributed by atoms with Crippen molar-refractivity contribution < 1.29 is 0 Å². The first-order valence-corrected chi connectivity index (χ1v) is 15.2. The van der Waals surface area contributed by atoms with Crippen molar-refractivity contribution in [2.24, 2.45) is 5.92 Å². The van der Waals surface area contributed by atoms with Crippen LogP contribution in [0, 0.1) is 17.2 Å². The number of hydrogen-bond acceptors (Lipinski definition) is 4. The molecule has 1 aromatic heterocycles. The maximum atomic E-state index is 9.61. The van der Waals surface area contributed by atoms with Gasteiger partial charge >= 0.3 is 0 Å². The molecule has 3 unspecified atom stereocenters. The van der Waals surface area contributed by atoms with Gasteiger partial charge in [0, 0.05) is 23.8 Å². The summed E-state index contributed by atoms with van der Waals surface area (Å²) in [7, 11) is 0. The van der Waals surface area contributed by atoms with Crippen LogP contribution in [0.3, 0.4) is 0 Å². The van der Waals surface area contributed by atoms with Crippen molar-refractivity contribution in [3.63, 3.8) is 0 Å². The summed E-state index contributed by atoms with van der Waals surface area (Å²) in [6.45, 7) is 0. The van der Waals surface area contributed by atoms with Gasteiger partial charge in [0.15, 0.2) is 0 Å². The fraction of sp³-hybridized carbons (Fsp3) is 0.389. The Kier molecular flexibility index (Phi) is 6.90. The van der Waals surface area contributed by atoms with Gasteiger partial charge in [0.1, 0.15) is 6.07 Å². The maximum absolute atomic E-state index is 9.61. The largest absolute Gasteiger partial charge is 0.361 e. The molecule has 4 aliphatic carbocycles. The SMILES string of the molecule is N#Cc1cnccc1C1=CCC(C2=C(N3C4C=CCCC4N(c4ccccc4)[C@H]4CCC=C[C@H]43)CCC=C2)CC1. The average Bonchev–Trinajstić information content (AvgIpc) is 3.04. The minimum atomic E-state index is 0.388. The fourth-order valence-corrected chi connectivity index (χ4v) is 8.00. The van der Waals surface area contributed by atoms with E-state index in [1.807, 2.05) is 12.3 Å². The summed E-state index contributed by atoms with van der Waals surface area (Å²) in [6, 6.07) is 17.3. The van der Waals surface area contributed by atoms with Crippen LogP contribution in [0.5, 0.6) is 0 Å². The highest BCUT2D eigenvalue weighted by atomic mass is 15.4. The van der Waals surface area contributed by atoms with Gasteiger partial charge in [0.2, 0.25) is 0 Å². The van der Waals surface area contributed by atoms with E-state index in [-0.39, 0.29) is 0 Å². The van der Waals surface area contributed by atoms with Gasteiger partial charge in [-0.15, -0.1) is 0 Å². The molecular weight excluding hydrogens is 488 g/mol. The van der Waals surface area contributed by atoms with Crippen molar-refractivity contribution in [3.8, 4) is 6.07 Å². The Morgan fingerprint density at radius 3 is 2.30 bits per heavy atom. The predicted octanol–water partition coefficient (Wildman–Crippen LogP) is 7.74. The van der Waals surface area contributed by atoms with Gasteiger partial charge in [-0.3, -0.25) is 4.98 Å². The quantitative estimate of drug-likeness (QED) is 0.382. The molecule has 0 radical (unpaired) electrons. The second-order valence-electron chi connectivity index (χ2n) is 11.9. The van der Waals surface area contributed by atoms with Gasteiger partial charge in [0.05, 0.1) is 29.7 Å². The van der Waals surface area contributed by atoms with Gasteiger partial charge in [-0.2, -0.15) is 5.26 Å². The maximum Gasteiger partial charge on any atom is 0.101 e. The summed E-state index contributed by atoms with van der Waals surface area (Å²) < 4.78 is 0. The van der Waals surface area contributed by atoms with Gasteiger partial charge in [0.25, 0.3) is 0 Å². The molecule has 7 rings (SSSR count). The van der Waals surface area contributed by atoms with Crippen LogP contribution in [0.1, 0.15) is 68.9 Å². The predicted molar refractivity (Wildman–Crippen MR) is 162 cm³/mol. The Balaban J connectivity index is 1.26.